The van der Waals surface area contributed by atoms with Gasteiger partial charge in [0.05, 0.1) is 5.75 Å². The van der Waals surface area contributed by atoms with Crippen LogP contribution in [0.4, 0.5) is 0 Å². The summed E-state index contributed by atoms with van der Waals surface area (Å²) in [5.41, 5.74) is 0. The first-order valence-electron chi connectivity index (χ1n) is 7.40. The molecule has 0 aromatic rings. The van der Waals surface area contributed by atoms with Crippen LogP contribution in [0, 0.1) is 0 Å². The van der Waals surface area contributed by atoms with Crippen molar-refractivity contribution in [2.75, 3.05) is 39.0 Å². The normalized spacial score (nSPS) is 19.5. The molecule has 1 rings (SSSR count). The average Bonchev–Trinajstić information content (AvgIpc) is 2.35. The molecule has 1 fully saturated rings. The van der Waals surface area contributed by atoms with E-state index in [-0.39, 0.29) is 11.8 Å². The summed E-state index contributed by atoms with van der Waals surface area (Å²) >= 11 is 0. The highest BCUT2D eigenvalue weighted by Crippen LogP contribution is 2.09. The summed E-state index contributed by atoms with van der Waals surface area (Å²) in [6.45, 7) is 5.87. The van der Waals surface area contributed by atoms with E-state index >= 15 is 0 Å². The third-order valence-electron chi connectivity index (χ3n) is 3.45. The smallest absolute Gasteiger partial charge is 0.211 e. The molecule has 1 heterocycles. The zero-order valence-corrected chi connectivity index (χ0v) is 13.1. The van der Waals surface area contributed by atoms with Gasteiger partial charge in [-0.25, -0.2) is 13.1 Å². The van der Waals surface area contributed by atoms with E-state index in [1.165, 1.54) is 19.3 Å². The first kappa shape index (κ1) is 16.9. The van der Waals surface area contributed by atoms with Gasteiger partial charge in [0.15, 0.2) is 0 Å². The van der Waals surface area contributed by atoms with Crippen molar-refractivity contribution in [3.8, 4) is 0 Å². The highest BCUT2D eigenvalue weighted by molar-refractivity contribution is 7.89. The van der Waals surface area contributed by atoms with E-state index in [1.807, 2.05) is 14.0 Å². The lowest BCUT2D eigenvalue weighted by Gasteiger charge is -2.29. The van der Waals surface area contributed by atoms with Gasteiger partial charge in [-0.05, 0) is 59.3 Å². The highest BCUT2D eigenvalue weighted by atomic mass is 32.2. The second kappa shape index (κ2) is 8.89. The molecule has 0 aromatic heterocycles. The first-order valence-corrected chi connectivity index (χ1v) is 9.05. The minimum absolute atomic E-state index is 0.00685. The fraction of sp³-hybridized carbons (Fsp3) is 1.00. The van der Waals surface area contributed by atoms with Crippen LogP contribution in [-0.4, -0.2) is 58.3 Å². The number of likely N-dealkylation sites (tertiary alicyclic amines) is 1. The van der Waals surface area contributed by atoms with Crippen molar-refractivity contribution in [2.24, 2.45) is 0 Å². The molecule has 1 aliphatic rings. The molecule has 5 nitrogen and oxygen atoms in total. The molecule has 0 radical (unpaired) electrons. The van der Waals surface area contributed by atoms with Gasteiger partial charge in [0.1, 0.15) is 0 Å². The largest absolute Gasteiger partial charge is 0.320 e. The summed E-state index contributed by atoms with van der Waals surface area (Å²) in [5, 5.41) is 3.03. The summed E-state index contributed by atoms with van der Waals surface area (Å²) in [4.78, 5) is 2.36. The maximum atomic E-state index is 11.9. The Hall–Kier alpha value is -0.170. The number of piperidine rings is 1. The summed E-state index contributed by atoms with van der Waals surface area (Å²) in [6.07, 6.45) is 5.40. The molecule has 2 N–H and O–H groups in total. The predicted octanol–water partition coefficient (Wildman–Crippen LogP) is 0.780. The third-order valence-corrected chi connectivity index (χ3v) is 5.04. The van der Waals surface area contributed by atoms with Gasteiger partial charge in [-0.1, -0.05) is 6.42 Å². The van der Waals surface area contributed by atoms with Crippen LogP contribution in [-0.2, 0) is 10.0 Å². The molecule has 0 aliphatic carbocycles. The SMILES string of the molecule is CNCCCCS(=O)(=O)NC(C)CN1CCCCC1. The monoisotopic (exact) mass is 291 g/mol. The van der Waals surface area contributed by atoms with Crippen molar-refractivity contribution in [2.45, 2.75) is 45.1 Å². The maximum Gasteiger partial charge on any atom is 0.211 e. The molecule has 1 saturated heterocycles. The zero-order valence-electron chi connectivity index (χ0n) is 12.3. The number of hydrogen-bond donors (Lipinski definition) is 2. The van der Waals surface area contributed by atoms with Gasteiger partial charge in [-0.2, -0.15) is 0 Å². The minimum Gasteiger partial charge on any atom is -0.320 e. The van der Waals surface area contributed by atoms with Crippen LogP contribution in [0.5, 0.6) is 0 Å². The van der Waals surface area contributed by atoms with Crippen molar-refractivity contribution in [3.63, 3.8) is 0 Å². The van der Waals surface area contributed by atoms with E-state index in [4.69, 9.17) is 0 Å². The lowest BCUT2D eigenvalue weighted by atomic mass is 10.1. The average molecular weight is 291 g/mol. The molecule has 114 valence electrons. The van der Waals surface area contributed by atoms with Crippen molar-refractivity contribution in [3.05, 3.63) is 0 Å². The molecule has 0 spiro atoms. The van der Waals surface area contributed by atoms with E-state index < -0.39 is 10.0 Å². The molecule has 6 heteroatoms. The fourth-order valence-corrected chi connectivity index (χ4v) is 3.92. The predicted molar refractivity (Wildman–Crippen MR) is 79.8 cm³/mol. The van der Waals surface area contributed by atoms with E-state index in [9.17, 15) is 8.42 Å². The number of sulfonamides is 1. The summed E-state index contributed by atoms with van der Waals surface area (Å²) in [7, 11) is -1.23. The quantitative estimate of drug-likeness (QED) is 0.616. The summed E-state index contributed by atoms with van der Waals surface area (Å²) in [6, 6.07) is 0.00685. The van der Waals surface area contributed by atoms with E-state index in [0.717, 1.165) is 32.6 Å². The van der Waals surface area contributed by atoms with Crippen molar-refractivity contribution < 1.29 is 8.42 Å². The van der Waals surface area contributed by atoms with Gasteiger partial charge in [-0.15, -0.1) is 0 Å². The maximum absolute atomic E-state index is 11.9. The highest BCUT2D eigenvalue weighted by Gasteiger charge is 2.18. The molecule has 0 aromatic carbocycles. The standard InChI is InChI=1S/C13H29N3O2S/c1-13(12-16-9-5-3-6-10-16)15-19(17,18)11-7-4-8-14-2/h13-15H,3-12H2,1-2H3. The Morgan fingerprint density at radius 3 is 2.47 bits per heavy atom. The Bertz CT molecular complexity index is 327. The molecule has 19 heavy (non-hydrogen) atoms. The van der Waals surface area contributed by atoms with Gasteiger partial charge < -0.3 is 10.2 Å². The number of unbranched alkanes of at least 4 members (excludes halogenated alkanes) is 1. The lowest BCUT2D eigenvalue weighted by Crippen LogP contribution is -2.44. The Kier molecular flexibility index (Phi) is 7.90. The number of nitrogens with one attached hydrogen (secondary N) is 2. The molecule has 1 atom stereocenters. The first-order chi connectivity index (χ1) is 9.03. The van der Waals surface area contributed by atoms with Crippen LogP contribution in [0.3, 0.4) is 0 Å². The molecule has 1 aliphatic heterocycles. The number of hydrogen-bond acceptors (Lipinski definition) is 4. The van der Waals surface area contributed by atoms with Gasteiger partial charge in [0.25, 0.3) is 0 Å². The van der Waals surface area contributed by atoms with E-state index in [1.54, 1.807) is 0 Å². The van der Waals surface area contributed by atoms with Gasteiger partial charge in [0.2, 0.25) is 10.0 Å². The van der Waals surface area contributed by atoms with Crippen LogP contribution in [0.25, 0.3) is 0 Å². The fourth-order valence-electron chi connectivity index (χ4n) is 2.53. The van der Waals surface area contributed by atoms with Crippen molar-refractivity contribution in [1.29, 1.82) is 0 Å². The third kappa shape index (κ3) is 7.87. The van der Waals surface area contributed by atoms with E-state index in [0.29, 0.717) is 6.42 Å². The minimum atomic E-state index is -3.12. The summed E-state index contributed by atoms with van der Waals surface area (Å²) in [5.74, 6) is 0.235. The zero-order chi connectivity index (χ0) is 14.1. The molecular formula is C13H29N3O2S. The molecule has 0 saturated carbocycles. The molecule has 0 amide bonds. The van der Waals surface area contributed by atoms with Crippen molar-refractivity contribution >= 4 is 10.0 Å². The Labute approximate surface area is 118 Å². The van der Waals surface area contributed by atoms with Gasteiger partial charge in [0, 0.05) is 12.6 Å². The topological polar surface area (TPSA) is 61.4 Å². The molecule has 0 bridgehead atoms. The summed E-state index contributed by atoms with van der Waals surface area (Å²) < 4.78 is 26.6. The van der Waals surface area contributed by atoms with Crippen LogP contribution in [0.2, 0.25) is 0 Å². The lowest BCUT2D eigenvalue weighted by molar-refractivity contribution is 0.215. The second-order valence-corrected chi connectivity index (χ2v) is 7.38. The van der Waals surface area contributed by atoms with Crippen LogP contribution >= 0.6 is 0 Å². The van der Waals surface area contributed by atoms with Gasteiger partial charge in [-0.3, -0.25) is 0 Å². The molecule has 1 unspecified atom stereocenters. The van der Waals surface area contributed by atoms with Crippen LogP contribution < -0.4 is 10.0 Å². The number of rotatable bonds is 9. The van der Waals surface area contributed by atoms with E-state index in [2.05, 4.69) is 14.9 Å². The Balaban J connectivity index is 2.23. The van der Waals surface area contributed by atoms with Crippen molar-refractivity contribution in [1.82, 2.24) is 14.9 Å². The Morgan fingerprint density at radius 2 is 1.84 bits per heavy atom. The van der Waals surface area contributed by atoms with Crippen LogP contribution in [0.1, 0.15) is 39.0 Å². The Morgan fingerprint density at radius 1 is 1.16 bits per heavy atom. The number of nitrogens with zero attached hydrogens (tertiary/aromatic N) is 1. The van der Waals surface area contributed by atoms with Crippen LogP contribution in [0.15, 0.2) is 0 Å². The molecular weight excluding hydrogens is 262 g/mol. The second-order valence-electron chi connectivity index (χ2n) is 5.51. The van der Waals surface area contributed by atoms with Gasteiger partial charge >= 0.3 is 0 Å².